The van der Waals surface area contributed by atoms with E-state index in [0.29, 0.717) is 0 Å². The van der Waals surface area contributed by atoms with E-state index in [1.54, 1.807) is 0 Å². The molecule has 0 saturated carbocycles. The Bertz CT molecular complexity index is 305. The average Bonchev–Trinajstić information content (AvgIpc) is 2.67. The molecule has 1 aromatic rings. The topological polar surface area (TPSA) is 6.48 Å². The van der Waals surface area contributed by atoms with Crippen LogP contribution in [-0.4, -0.2) is 23.0 Å². The molecule has 0 aliphatic carbocycles. The zero-order valence-corrected chi connectivity index (χ0v) is 8.56. The Labute approximate surface area is 85.4 Å². The van der Waals surface area contributed by atoms with E-state index in [4.69, 9.17) is 0 Å². The maximum Gasteiger partial charge on any atom is 0.0897 e. The summed E-state index contributed by atoms with van der Waals surface area (Å²) in [5.74, 6) is 0. The second-order valence-corrected chi connectivity index (χ2v) is 3.58. The zero-order valence-electron chi connectivity index (χ0n) is 8.56. The quantitative estimate of drug-likeness (QED) is 0.718. The number of benzene rings is 1. The van der Waals surface area contributed by atoms with Crippen molar-refractivity contribution in [3.8, 4) is 0 Å². The minimum absolute atomic E-state index is 1.01. The molecule has 1 heterocycles. The van der Waals surface area contributed by atoms with Crippen LogP contribution in [0.15, 0.2) is 42.7 Å². The average molecular weight is 188 g/mol. The molecule has 2 heteroatoms. The summed E-state index contributed by atoms with van der Waals surface area (Å²) in [4.78, 5) is 4.61. The maximum atomic E-state index is 2.32. The van der Waals surface area contributed by atoms with Gasteiger partial charge in [-0.05, 0) is 12.5 Å². The van der Waals surface area contributed by atoms with E-state index in [9.17, 15) is 0 Å². The molecule has 14 heavy (non-hydrogen) atoms. The van der Waals surface area contributed by atoms with Crippen molar-refractivity contribution in [1.82, 2.24) is 9.80 Å². The van der Waals surface area contributed by atoms with Crippen LogP contribution in [-0.2, 0) is 6.54 Å². The fraction of sp³-hybridized carbons (Fsp3) is 0.333. The monoisotopic (exact) mass is 188 g/mol. The van der Waals surface area contributed by atoms with Crippen molar-refractivity contribution in [2.75, 3.05) is 13.2 Å². The minimum atomic E-state index is 1.01. The molecule has 0 saturated heterocycles. The molecular weight excluding hydrogens is 172 g/mol. The molecule has 0 aromatic heterocycles. The Morgan fingerprint density at radius 3 is 2.43 bits per heavy atom. The second-order valence-electron chi connectivity index (χ2n) is 3.58. The van der Waals surface area contributed by atoms with Gasteiger partial charge in [0.2, 0.25) is 0 Å². The van der Waals surface area contributed by atoms with Gasteiger partial charge in [-0.15, -0.1) is 0 Å². The van der Waals surface area contributed by atoms with E-state index in [2.05, 4.69) is 59.5 Å². The van der Waals surface area contributed by atoms with Gasteiger partial charge in [0.05, 0.1) is 6.67 Å². The molecule has 2 nitrogen and oxygen atoms in total. The first-order valence-corrected chi connectivity index (χ1v) is 5.09. The molecule has 1 aromatic carbocycles. The van der Waals surface area contributed by atoms with Crippen molar-refractivity contribution in [2.45, 2.75) is 13.5 Å². The smallest absolute Gasteiger partial charge is 0.0897 e. The first-order valence-electron chi connectivity index (χ1n) is 5.09. The summed E-state index contributed by atoms with van der Waals surface area (Å²) in [6.45, 7) is 5.29. The summed E-state index contributed by atoms with van der Waals surface area (Å²) >= 11 is 0. The van der Waals surface area contributed by atoms with Crippen LogP contribution >= 0.6 is 0 Å². The summed E-state index contributed by atoms with van der Waals surface area (Å²) in [5.41, 5.74) is 1.37. The number of rotatable bonds is 3. The third kappa shape index (κ3) is 2.08. The predicted molar refractivity (Wildman–Crippen MR) is 58.4 cm³/mol. The molecule has 0 fully saturated rings. The van der Waals surface area contributed by atoms with Crippen molar-refractivity contribution in [3.63, 3.8) is 0 Å². The van der Waals surface area contributed by atoms with E-state index in [1.807, 2.05) is 0 Å². The molecule has 0 amide bonds. The summed E-state index contributed by atoms with van der Waals surface area (Å²) < 4.78 is 0. The molecule has 0 N–H and O–H groups in total. The lowest BCUT2D eigenvalue weighted by molar-refractivity contribution is 0.268. The molecule has 0 spiro atoms. The van der Waals surface area contributed by atoms with Gasteiger partial charge in [0.15, 0.2) is 0 Å². The molecule has 0 unspecified atom stereocenters. The lowest BCUT2D eigenvalue weighted by Crippen LogP contribution is -2.24. The van der Waals surface area contributed by atoms with Gasteiger partial charge in [-0.25, -0.2) is 0 Å². The van der Waals surface area contributed by atoms with E-state index in [-0.39, 0.29) is 0 Å². The van der Waals surface area contributed by atoms with Crippen molar-refractivity contribution in [2.24, 2.45) is 0 Å². The number of nitrogens with zero attached hydrogens (tertiary/aromatic N) is 2. The molecule has 1 aliphatic heterocycles. The highest BCUT2D eigenvalue weighted by Gasteiger charge is 2.09. The van der Waals surface area contributed by atoms with Crippen LogP contribution in [0.4, 0.5) is 0 Å². The number of hydrogen-bond acceptors (Lipinski definition) is 2. The molecule has 1 aliphatic rings. The Hall–Kier alpha value is -1.44. The van der Waals surface area contributed by atoms with Gasteiger partial charge in [-0.2, -0.15) is 0 Å². The standard InChI is InChI=1S/C12H16N2/c1-2-13-8-9-14(11-13)10-12-6-4-3-5-7-12/h3-9H,2,10-11H2,1H3. The summed E-state index contributed by atoms with van der Waals surface area (Å²) in [6.07, 6.45) is 4.32. The molecule has 0 atom stereocenters. The van der Waals surface area contributed by atoms with Gasteiger partial charge in [-0.1, -0.05) is 30.3 Å². The second kappa shape index (κ2) is 4.18. The summed E-state index contributed by atoms with van der Waals surface area (Å²) in [7, 11) is 0. The van der Waals surface area contributed by atoms with Crippen LogP contribution in [0.25, 0.3) is 0 Å². The van der Waals surface area contributed by atoms with Crippen LogP contribution in [0.5, 0.6) is 0 Å². The Kier molecular flexibility index (Phi) is 2.73. The van der Waals surface area contributed by atoms with Crippen molar-refractivity contribution in [1.29, 1.82) is 0 Å². The van der Waals surface area contributed by atoms with Gasteiger partial charge in [0.25, 0.3) is 0 Å². The lowest BCUT2D eigenvalue weighted by atomic mass is 10.2. The van der Waals surface area contributed by atoms with E-state index >= 15 is 0 Å². The van der Waals surface area contributed by atoms with Crippen molar-refractivity contribution >= 4 is 0 Å². The number of hydrogen-bond donors (Lipinski definition) is 0. The van der Waals surface area contributed by atoms with E-state index in [1.165, 1.54) is 5.56 Å². The van der Waals surface area contributed by atoms with Crippen LogP contribution in [0, 0.1) is 0 Å². The van der Waals surface area contributed by atoms with Crippen molar-refractivity contribution in [3.05, 3.63) is 48.3 Å². The summed E-state index contributed by atoms with van der Waals surface area (Å²) in [6, 6.07) is 10.6. The highest BCUT2D eigenvalue weighted by atomic mass is 15.3. The molecule has 2 rings (SSSR count). The molecular formula is C12H16N2. The first-order chi connectivity index (χ1) is 6.88. The maximum absolute atomic E-state index is 2.32. The fourth-order valence-corrected chi connectivity index (χ4v) is 1.64. The van der Waals surface area contributed by atoms with Gasteiger partial charge >= 0.3 is 0 Å². The third-order valence-corrected chi connectivity index (χ3v) is 2.49. The third-order valence-electron chi connectivity index (χ3n) is 2.49. The Balaban J connectivity index is 1.92. The normalized spacial score (nSPS) is 15.2. The van der Waals surface area contributed by atoms with Crippen LogP contribution in [0.2, 0.25) is 0 Å². The van der Waals surface area contributed by atoms with Crippen LogP contribution in [0.1, 0.15) is 12.5 Å². The molecule has 74 valence electrons. The molecule has 0 radical (unpaired) electrons. The highest BCUT2D eigenvalue weighted by Crippen LogP contribution is 2.10. The first kappa shape index (κ1) is 9.13. The Morgan fingerprint density at radius 1 is 1.07 bits per heavy atom. The Morgan fingerprint density at radius 2 is 1.79 bits per heavy atom. The summed E-state index contributed by atoms with van der Waals surface area (Å²) in [5, 5.41) is 0. The van der Waals surface area contributed by atoms with Crippen LogP contribution in [0.3, 0.4) is 0 Å². The van der Waals surface area contributed by atoms with E-state index < -0.39 is 0 Å². The lowest BCUT2D eigenvalue weighted by Gasteiger charge is -2.19. The van der Waals surface area contributed by atoms with Crippen molar-refractivity contribution < 1.29 is 0 Å². The fourth-order valence-electron chi connectivity index (χ4n) is 1.64. The predicted octanol–water partition coefficient (Wildman–Crippen LogP) is 2.25. The van der Waals surface area contributed by atoms with Gasteiger partial charge in [0, 0.05) is 25.5 Å². The largest absolute Gasteiger partial charge is 0.359 e. The van der Waals surface area contributed by atoms with Crippen LogP contribution < -0.4 is 0 Å². The minimum Gasteiger partial charge on any atom is -0.359 e. The zero-order chi connectivity index (χ0) is 9.80. The molecule has 0 bridgehead atoms. The highest BCUT2D eigenvalue weighted by molar-refractivity contribution is 5.15. The SMILES string of the molecule is CCN1C=CN(Cc2ccccc2)C1. The van der Waals surface area contributed by atoms with Gasteiger partial charge < -0.3 is 9.80 Å². The van der Waals surface area contributed by atoms with Gasteiger partial charge in [0.1, 0.15) is 0 Å². The van der Waals surface area contributed by atoms with E-state index in [0.717, 1.165) is 19.8 Å². The van der Waals surface area contributed by atoms with Gasteiger partial charge in [-0.3, -0.25) is 0 Å².